The van der Waals surface area contributed by atoms with E-state index in [1.807, 2.05) is 0 Å². The molecule has 0 radical (unpaired) electrons. The number of phosphoric acid groups is 2. The van der Waals surface area contributed by atoms with Crippen LogP contribution in [0.3, 0.4) is 0 Å². The molecule has 0 aromatic heterocycles. The van der Waals surface area contributed by atoms with Gasteiger partial charge >= 0.3 is 39.5 Å². The smallest absolute Gasteiger partial charge is 0.462 e. The summed E-state index contributed by atoms with van der Waals surface area (Å²) in [6.45, 7) is 14.3. The number of aliphatic hydroxyl groups is 1. The molecule has 600 valence electrons. The van der Waals surface area contributed by atoms with E-state index in [1.54, 1.807) is 0 Å². The molecule has 0 aromatic rings. The third kappa shape index (κ3) is 73.4. The van der Waals surface area contributed by atoms with E-state index in [1.165, 1.54) is 218 Å². The number of unbranched alkanes of at least 4 members (excludes halogenated alkanes) is 43. The second-order valence-corrected chi connectivity index (χ2v) is 33.9. The van der Waals surface area contributed by atoms with Gasteiger partial charge in [-0.1, -0.05) is 370 Å². The normalized spacial score (nSPS) is 14.5. The lowest BCUT2D eigenvalue weighted by Gasteiger charge is -2.21. The molecule has 0 aliphatic rings. The summed E-state index contributed by atoms with van der Waals surface area (Å²) in [5, 5.41) is 10.6. The molecule has 3 N–H and O–H groups in total. The second kappa shape index (κ2) is 71.0. The first-order valence-corrected chi connectivity index (χ1v) is 45.3. The molecule has 0 saturated heterocycles. The molecular weight excluding hydrogens is 1320 g/mol. The SMILES string of the molecule is CCC(C)CCCCCCCCCCCCCCCCC(=O)OC[C@H](COP(=O)(O)OC[C@@H](O)COP(=O)(O)OC[C@@H](COC(=O)CCCCCCCCC(C)C)OC(=O)CCCCCCCCCCCCCCCC(C)C)OC(=O)CCCCCCCCCCCCCCCCC(C)CC. The standard InChI is InChI=1S/C82H160O17P2/c1-9-74(7)60-52-44-35-29-23-17-11-13-19-25-31-37-46-54-62-79(84)92-68-77(98-81(86)64-56-48-38-32-26-20-14-12-18-24-30-36-45-53-61-75(8)10-2)70-96-100(88,89)94-66-76(83)67-95-101(90,91)97-71-78(69-93-80(85)63-55-47-41-40-43-51-59-73(5)6)99-82(87)65-57-49-39-33-27-21-15-16-22-28-34-42-50-58-72(3)4/h72-78,83H,9-71H2,1-8H3,(H,88,89)(H,90,91)/t74?,75?,76-,77-,78-/m1/s1. The molecule has 17 nitrogen and oxygen atoms in total. The zero-order valence-electron chi connectivity index (χ0n) is 66.5. The van der Waals surface area contributed by atoms with Crippen LogP contribution in [0.4, 0.5) is 0 Å². The molecule has 4 unspecified atom stereocenters. The molecule has 7 atom stereocenters. The molecule has 0 fully saturated rings. The van der Waals surface area contributed by atoms with E-state index in [2.05, 4.69) is 55.4 Å². The maximum atomic E-state index is 13.1. The number of hydrogen-bond acceptors (Lipinski definition) is 15. The summed E-state index contributed by atoms with van der Waals surface area (Å²) in [5.41, 5.74) is 0. The third-order valence-corrected chi connectivity index (χ3v) is 21.7. The van der Waals surface area contributed by atoms with Crippen LogP contribution in [0.1, 0.15) is 421 Å². The van der Waals surface area contributed by atoms with E-state index in [4.69, 9.17) is 37.0 Å². The number of esters is 4. The Labute approximate surface area is 619 Å². The van der Waals surface area contributed by atoms with Gasteiger partial charge in [-0.2, -0.15) is 0 Å². The second-order valence-electron chi connectivity index (χ2n) is 31.0. The van der Waals surface area contributed by atoms with Crippen molar-refractivity contribution >= 4 is 39.5 Å². The van der Waals surface area contributed by atoms with Crippen LogP contribution < -0.4 is 0 Å². The molecule has 0 aliphatic carbocycles. The molecular formula is C82H160O17P2. The van der Waals surface area contributed by atoms with Crippen LogP contribution in [0.15, 0.2) is 0 Å². The van der Waals surface area contributed by atoms with E-state index in [0.717, 1.165) is 114 Å². The molecule has 0 aliphatic heterocycles. The topological polar surface area (TPSA) is 237 Å². The molecule has 0 heterocycles. The molecule has 0 spiro atoms. The van der Waals surface area contributed by atoms with E-state index < -0.39 is 97.5 Å². The van der Waals surface area contributed by atoms with Gasteiger partial charge in [-0.3, -0.25) is 37.3 Å². The lowest BCUT2D eigenvalue weighted by Crippen LogP contribution is -2.30. The zero-order valence-corrected chi connectivity index (χ0v) is 68.3. The highest BCUT2D eigenvalue weighted by Gasteiger charge is 2.30. The number of ether oxygens (including phenoxy) is 4. The number of carbonyl (C=O) groups excluding carboxylic acids is 4. The molecule has 0 bridgehead atoms. The highest BCUT2D eigenvalue weighted by molar-refractivity contribution is 7.47. The average Bonchev–Trinajstić information content (AvgIpc) is 1.36. The van der Waals surface area contributed by atoms with E-state index >= 15 is 0 Å². The maximum Gasteiger partial charge on any atom is 0.472 e. The molecule has 0 saturated carbocycles. The highest BCUT2D eigenvalue weighted by atomic mass is 31.2. The van der Waals surface area contributed by atoms with Crippen molar-refractivity contribution in [2.45, 2.75) is 440 Å². The quantitative estimate of drug-likeness (QED) is 0.0222. The first-order valence-electron chi connectivity index (χ1n) is 42.3. The Kier molecular flexibility index (Phi) is 69.6. The maximum absolute atomic E-state index is 13.1. The Morgan fingerprint density at radius 2 is 0.475 bits per heavy atom. The fraction of sp³-hybridized carbons (Fsp3) is 0.951. The summed E-state index contributed by atoms with van der Waals surface area (Å²) in [7, 11) is -9.92. The van der Waals surface area contributed by atoms with Crippen molar-refractivity contribution in [3.05, 3.63) is 0 Å². The van der Waals surface area contributed by atoms with Crippen molar-refractivity contribution in [3.8, 4) is 0 Å². The summed E-state index contributed by atoms with van der Waals surface area (Å²) in [6, 6.07) is 0. The Morgan fingerprint density at radius 3 is 0.703 bits per heavy atom. The van der Waals surface area contributed by atoms with Crippen LogP contribution in [0.25, 0.3) is 0 Å². The number of carbonyl (C=O) groups is 4. The van der Waals surface area contributed by atoms with Crippen LogP contribution >= 0.6 is 15.6 Å². The minimum atomic E-state index is -4.96. The number of rotatable bonds is 79. The molecule has 19 heteroatoms. The summed E-state index contributed by atoms with van der Waals surface area (Å²) in [6.07, 6.45) is 58.3. The van der Waals surface area contributed by atoms with Gasteiger partial charge in [0.15, 0.2) is 12.2 Å². The van der Waals surface area contributed by atoms with Gasteiger partial charge in [0.2, 0.25) is 0 Å². The van der Waals surface area contributed by atoms with Crippen molar-refractivity contribution in [1.82, 2.24) is 0 Å². The van der Waals surface area contributed by atoms with Crippen LogP contribution in [0.2, 0.25) is 0 Å². The van der Waals surface area contributed by atoms with Crippen LogP contribution in [0.5, 0.6) is 0 Å². The first kappa shape index (κ1) is 99.1. The monoisotopic (exact) mass is 1480 g/mol. The van der Waals surface area contributed by atoms with Crippen molar-refractivity contribution in [2.75, 3.05) is 39.6 Å². The van der Waals surface area contributed by atoms with Gasteiger partial charge in [-0.25, -0.2) is 9.13 Å². The van der Waals surface area contributed by atoms with Crippen molar-refractivity contribution < 1.29 is 80.2 Å². The van der Waals surface area contributed by atoms with Gasteiger partial charge in [0.05, 0.1) is 26.4 Å². The van der Waals surface area contributed by atoms with E-state index in [9.17, 15) is 43.2 Å². The zero-order chi connectivity index (χ0) is 74.6. The summed E-state index contributed by atoms with van der Waals surface area (Å²) < 4.78 is 68.7. The van der Waals surface area contributed by atoms with Gasteiger partial charge in [-0.15, -0.1) is 0 Å². The van der Waals surface area contributed by atoms with Crippen LogP contribution in [0, 0.1) is 23.7 Å². The minimum Gasteiger partial charge on any atom is -0.462 e. The van der Waals surface area contributed by atoms with Crippen molar-refractivity contribution in [3.63, 3.8) is 0 Å². The fourth-order valence-corrected chi connectivity index (χ4v) is 14.1. The third-order valence-electron chi connectivity index (χ3n) is 19.8. The molecule has 101 heavy (non-hydrogen) atoms. The summed E-state index contributed by atoms with van der Waals surface area (Å²) in [5.74, 6) is 1.05. The van der Waals surface area contributed by atoms with Crippen molar-refractivity contribution in [1.29, 1.82) is 0 Å². The van der Waals surface area contributed by atoms with Gasteiger partial charge in [0.25, 0.3) is 0 Å². The summed E-state index contributed by atoms with van der Waals surface area (Å²) in [4.78, 5) is 73.0. The Morgan fingerprint density at radius 1 is 0.277 bits per heavy atom. The number of phosphoric ester groups is 2. The molecule has 0 rings (SSSR count). The minimum absolute atomic E-state index is 0.106. The predicted octanol–water partition coefficient (Wildman–Crippen LogP) is 24.4. The lowest BCUT2D eigenvalue weighted by atomic mass is 9.99. The molecule has 0 amide bonds. The summed E-state index contributed by atoms with van der Waals surface area (Å²) >= 11 is 0. The van der Waals surface area contributed by atoms with E-state index in [0.29, 0.717) is 31.6 Å². The average molecular weight is 1480 g/mol. The Balaban J connectivity index is 5.24. The van der Waals surface area contributed by atoms with Gasteiger partial charge in [0.1, 0.15) is 19.3 Å². The largest absolute Gasteiger partial charge is 0.472 e. The number of hydrogen-bond donors (Lipinski definition) is 3. The first-order chi connectivity index (χ1) is 48.7. The lowest BCUT2D eigenvalue weighted by molar-refractivity contribution is -0.161. The Hall–Kier alpha value is -1.94. The van der Waals surface area contributed by atoms with Gasteiger partial charge in [-0.05, 0) is 49.4 Å². The predicted molar refractivity (Wildman–Crippen MR) is 414 cm³/mol. The van der Waals surface area contributed by atoms with Crippen molar-refractivity contribution in [2.24, 2.45) is 23.7 Å². The van der Waals surface area contributed by atoms with E-state index in [-0.39, 0.29) is 25.7 Å². The van der Waals surface area contributed by atoms with Gasteiger partial charge < -0.3 is 33.8 Å². The van der Waals surface area contributed by atoms with Crippen LogP contribution in [-0.4, -0.2) is 96.7 Å². The Bertz CT molecular complexity index is 1980. The number of aliphatic hydroxyl groups excluding tert-OH is 1. The molecule has 0 aromatic carbocycles. The van der Waals surface area contributed by atoms with Crippen LogP contribution in [-0.2, 0) is 65.4 Å². The fourth-order valence-electron chi connectivity index (χ4n) is 12.5. The van der Waals surface area contributed by atoms with Gasteiger partial charge in [0, 0.05) is 25.7 Å². The highest BCUT2D eigenvalue weighted by Crippen LogP contribution is 2.45.